The molecular weight excluding hydrogens is 602 g/mol. The van der Waals surface area contributed by atoms with Crippen LogP contribution in [0.4, 0.5) is 5.69 Å². The molecule has 9 heteroatoms. The number of fused-ring (bicyclic) bond motifs is 1. The number of nitrogens with one attached hydrogen (secondary N) is 1. The maximum Gasteiger partial charge on any atom is 0.244 e. The largest absolute Gasteiger partial charge is 0.354 e. The van der Waals surface area contributed by atoms with Crippen molar-refractivity contribution in [1.82, 2.24) is 10.2 Å². The Hall–Kier alpha value is -3.69. The van der Waals surface area contributed by atoms with Crippen molar-refractivity contribution in [3.63, 3.8) is 0 Å². The van der Waals surface area contributed by atoms with Crippen molar-refractivity contribution < 1.29 is 18.0 Å². The summed E-state index contributed by atoms with van der Waals surface area (Å²) in [7, 11) is -3.86. The van der Waals surface area contributed by atoms with Gasteiger partial charge in [-0.25, -0.2) is 8.42 Å². The zero-order chi connectivity index (χ0) is 29.4. The molecule has 4 rings (SSSR count). The Kier molecular flexibility index (Phi) is 10.2. The molecule has 0 aromatic heterocycles. The fraction of sp³-hybridized carbons (Fsp3) is 0.250. The molecule has 4 aromatic carbocycles. The molecule has 7 nitrogen and oxygen atoms in total. The topological polar surface area (TPSA) is 86.8 Å². The van der Waals surface area contributed by atoms with Gasteiger partial charge in [-0.1, -0.05) is 102 Å². The minimum absolute atomic E-state index is 0.135. The zero-order valence-corrected chi connectivity index (χ0v) is 25.6. The highest BCUT2D eigenvalue weighted by atomic mass is 79.9. The third-order valence-electron chi connectivity index (χ3n) is 6.80. The number of hydrogen-bond acceptors (Lipinski definition) is 4. The Morgan fingerprint density at radius 3 is 2.20 bits per heavy atom. The Labute approximate surface area is 250 Å². The fourth-order valence-electron chi connectivity index (χ4n) is 4.73. The molecule has 0 aliphatic rings. The third kappa shape index (κ3) is 7.95. The van der Waals surface area contributed by atoms with Crippen LogP contribution in [0.1, 0.15) is 24.5 Å². The number of anilines is 1. The average Bonchev–Trinajstić information content (AvgIpc) is 2.97. The lowest BCUT2D eigenvalue weighted by Crippen LogP contribution is -2.53. The minimum atomic E-state index is -3.86. The van der Waals surface area contributed by atoms with E-state index in [9.17, 15) is 18.0 Å². The molecule has 0 spiro atoms. The van der Waals surface area contributed by atoms with Crippen LogP contribution in [0.3, 0.4) is 0 Å². The van der Waals surface area contributed by atoms with E-state index in [4.69, 9.17) is 0 Å². The second kappa shape index (κ2) is 13.8. The lowest BCUT2D eigenvalue weighted by molar-refractivity contribution is -0.140. The first kappa shape index (κ1) is 30.3. The van der Waals surface area contributed by atoms with Crippen molar-refractivity contribution in [2.45, 2.75) is 32.4 Å². The van der Waals surface area contributed by atoms with E-state index >= 15 is 0 Å². The van der Waals surface area contributed by atoms with Gasteiger partial charge in [0.2, 0.25) is 21.8 Å². The molecule has 1 atom stereocenters. The van der Waals surface area contributed by atoms with Crippen LogP contribution in [-0.4, -0.2) is 50.5 Å². The molecule has 214 valence electrons. The molecule has 4 aromatic rings. The standard InChI is InChI=1S/C32H34BrN3O4S/c1-3-20-34-32(38)30(21-24-10-5-4-6-11-24)35(22-25-16-18-27(33)19-17-25)31(37)23-36(41(2,39)40)29-15-9-13-26-12-7-8-14-28(26)29/h4-19,30H,3,20-23H2,1-2H3,(H,34,38)/t30-/m0/s1. The van der Waals surface area contributed by atoms with Crippen molar-refractivity contribution in [3.8, 4) is 0 Å². The molecule has 0 unspecified atom stereocenters. The first-order valence-corrected chi connectivity index (χ1v) is 16.1. The van der Waals surface area contributed by atoms with E-state index in [1.807, 2.05) is 91.9 Å². The minimum Gasteiger partial charge on any atom is -0.354 e. The number of nitrogens with zero attached hydrogens (tertiary/aromatic N) is 2. The van der Waals surface area contributed by atoms with E-state index in [1.165, 1.54) is 4.90 Å². The molecule has 0 fully saturated rings. The van der Waals surface area contributed by atoms with Crippen LogP contribution >= 0.6 is 15.9 Å². The van der Waals surface area contributed by atoms with Gasteiger partial charge >= 0.3 is 0 Å². The number of carbonyl (C=O) groups is 2. The summed E-state index contributed by atoms with van der Waals surface area (Å²) in [6.45, 7) is 2.12. The monoisotopic (exact) mass is 635 g/mol. The molecule has 2 amide bonds. The number of amides is 2. The summed E-state index contributed by atoms with van der Waals surface area (Å²) in [4.78, 5) is 29.3. The van der Waals surface area contributed by atoms with E-state index in [1.54, 1.807) is 12.1 Å². The number of rotatable bonds is 12. The van der Waals surface area contributed by atoms with Crippen molar-refractivity contribution in [2.75, 3.05) is 23.7 Å². The lowest BCUT2D eigenvalue weighted by atomic mass is 10.0. The average molecular weight is 637 g/mol. The van der Waals surface area contributed by atoms with Crippen LogP contribution in [0, 0.1) is 0 Å². The van der Waals surface area contributed by atoms with Crippen LogP contribution in [0.2, 0.25) is 0 Å². The van der Waals surface area contributed by atoms with Crippen molar-refractivity contribution in [1.29, 1.82) is 0 Å². The van der Waals surface area contributed by atoms with Crippen molar-refractivity contribution >= 4 is 54.2 Å². The zero-order valence-electron chi connectivity index (χ0n) is 23.2. The summed E-state index contributed by atoms with van der Waals surface area (Å²) < 4.78 is 28.3. The second-order valence-electron chi connectivity index (χ2n) is 9.91. The van der Waals surface area contributed by atoms with Crippen LogP contribution in [0.15, 0.2) is 102 Å². The van der Waals surface area contributed by atoms with E-state index < -0.39 is 28.5 Å². The van der Waals surface area contributed by atoms with E-state index in [2.05, 4.69) is 21.2 Å². The van der Waals surface area contributed by atoms with Crippen LogP contribution in [0.25, 0.3) is 10.8 Å². The first-order valence-electron chi connectivity index (χ1n) is 13.5. The third-order valence-corrected chi connectivity index (χ3v) is 8.46. The molecule has 0 aliphatic carbocycles. The molecule has 0 bridgehead atoms. The van der Waals surface area contributed by atoms with Gasteiger partial charge in [-0.05, 0) is 41.1 Å². The van der Waals surface area contributed by atoms with Crippen LogP contribution < -0.4 is 9.62 Å². The van der Waals surface area contributed by atoms with Crippen LogP contribution in [-0.2, 0) is 32.6 Å². The molecule has 0 aliphatic heterocycles. The van der Waals surface area contributed by atoms with Gasteiger partial charge in [0, 0.05) is 29.4 Å². The summed E-state index contributed by atoms with van der Waals surface area (Å²) >= 11 is 3.45. The maximum absolute atomic E-state index is 14.2. The van der Waals surface area contributed by atoms with Gasteiger partial charge in [-0.15, -0.1) is 0 Å². The van der Waals surface area contributed by atoms with Gasteiger partial charge in [0.1, 0.15) is 12.6 Å². The maximum atomic E-state index is 14.2. The van der Waals surface area contributed by atoms with Gasteiger partial charge in [-0.2, -0.15) is 0 Å². The molecule has 0 saturated heterocycles. The number of hydrogen-bond donors (Lipinski definition) is 1. The van der Waals surface area contributed by atoms with E-state index in [0.717, 1.165) is 38.0 Å². The van der Waals surface area contributed by atoms with Gasteiger partial charge in [0.15, 0.2) is 0 Å². The number of carbonyl (C=O) groups excluding carboxylic acids is 2. The van der Waals surface area contributed by atoms with Crippen molar-refractivity contribution in [2.24, 2.45) is 0 Å². The summed E-state index contributed by atoms with van der Waals surface area (Å²) in [5.74, 6) is -0.754. The second-order valence-corrected chi connectivity index (χ2v) is 12.7. The summed E-state index contributed by atoms with van der Waals surface area (Å²) in [6.07, 6.45) is 2.12. The Bertz CT molecular complexity index is 1590. The van der Waals surface area contributed by atoms with E-state index in [-0.39, 0.29) is 18.9 Å². The molecule has 0 heterocycles. The Morgan fingerprint density at radius 2 is 1.51 bits per heavy atom. The van der Waals surface area contributed by atoms with Gasteiger partial charge in [0.05, 0.1) is 11.9 Å². The highest BCUT2D eigenvalue weighted by molar-refractivity contribution is 9.10. The highest BCUT2D eigenvalue weighted by Gasteiger charge is 2.33. The molecule has 41 heavy (non-hydrogen) atoms. The molecule has 0 radical (unpaired) electrons. The summed E-state index contributed by atoms with van der Waals surface area (Å²) in [6, 6.07) is 29.0. The molecule has 0 saturated carbocycles. The highest BCUT2D eigenvalue weighted by Crippen LogP contribution is 2.29. The van der Waals surface area contributed by atoms with Crippen LogP contribution in [0.5, 0.6) is 0 Å². The first-order chi connectivity index (χ1) is 19.7. The van der Waals surface area contributed by atoms with Gasteiger partial charge in [0.25, 0.3) is 0 Å². The Morgan fingerprint density at radius 1 is 0.854 bits per heavy atom. The lowest BCUT2D eigenvalue weighted by Gasteiger charge is -2.33. The SMILES string of the molecule is CCCNC(=O)[C@H](Cc1ccccc1)N(Cc1ccc(Br)cc1)C(=O)CN(c1cccc2ccccc12)S(C)(=O)=O. The smallest absolute Gasteiger partial charge is 0.244 e. The van der Waals surface area contributed by atoms with Gasteiger partial charge in [-0.3, -0.25) is 13.9 Å². The molecule has 1 N–H and O–H groups in total. The predicted molar refractivity (Wildman–Crippen MR) is 168 cm³/mol. The Balaban J connectivity index is 1.76. The van der Waals surface area contributed by atoms with Gasteiger partial charge < -0.3 is 10.2 Å². The normalized spacial score (nSPS) is 12.1. The number of halogens is 1. The van der Waals surface area contributed by atoms with Crippen molar-refractivity contribution in [3.05, 3.63) is 113 Å². The summed E-state index contributed by atoms with van der Waals surface area (Å²) in [5.41, 5.74) is 2.13. The predicted octanol–water partition coefficient (Wildman–Crippen LogP) is 5.53. The quantitative estimate of drug-likeness (QED) is 0.222. The fourth-order valence-corrected chi connectivity index (χ4v) is 5.85. The number of benzene rings is 4. The molecular formula is C32H34BrN3O4S. The summed E-state index contributed by atoms with van der Waals surface area (Å²) in [5, 5.41) is 4.53. The number of sulfonamides is 1. The van der Waals surface area contributed by atoms with E-state index in [0.29, 0.717) is 17.6 Å².